The number of unbranched alkanes of at least 4 members (excludes halogenated alkanes) is 6. The summed E-state index contributed by atoms with van der Waals surface area (Å²) in [5, 5.41) is 2.52. The summed E-state index contributed by atoms with van der Waals surface area (Å²) in [4.78, 5) is 0. The third-order valence-corrected chi connectivity index (χ3v) is 24.8. The maximum absolute atomic E-state index is 2.69. The molecular weight excluding hydrogens is 415 g/mol. The molecule has 0 nitrogen and oxygen atoms in total. The quantitative estimate of drug-likeness (QED) is 0.185. The molecule has 2 heteroatoms. The van der Waals surface area contributed by atoms with E-state index in [9.17, 15) is 0 Å². The van der Waals surface area contributed by atoms with E-state index in [1.165, 1.54) is 70.6 Å². The summed E-state index contributed by atoms with van der Waals surface area (Å²) in [5.74, 6) is 0. The molecule has 0 atom stereocenters. The van der Waals surface area contributed by atoms with Crippen molar-refractivity contribution in [3.05, 3.63) is 17.0 Å². The third kappa shape index (κ3) is 7.81. The van der Waals surface area contributed by atoms with Gasteiger partial charge in [-0.1, -0.05) is 0 Å². The summed E-state index contributed by atoms with van der Waals surface area (Å²) in [6.45, 7) is 9.44. The van der Waals surface area contributed by atoms with Crippen LogP contribution in [-0.4, -0.2) is 18.4 Å². The Bertz CT molecular complexity index is 388. The van der Waals surface area contributed by atoms with Gasteiger partial charge in [-0.3, -0.25) is 0 Å². The average molecular weight is 457 g/mol. The molecule has 0 amide bonds. The third-order valence-electron chi connectivity index (χ3n) is 5.52. The van der Waals surface area contributed by atoms with Crippen LogP contribution >= 0.6 is 11.3 Å². The van der Waals surface area contributed by atoms with Gasteiger partial charge in [-0.2, -0.15) is 0 Å². The topological polar surface area (TPSA) is 0 Å². The van der Waals surface area contributed by atoms with Crippen LogP contribution < -0.4 is 2.89 Å². The van der Waals surface area contributed by atoms with Crippen molar-refractivity contribution in [3.63, 3.8) is 0 Å². The van der Waals surface area contributed by atoms with E-state index in [2.05, 4.69) is 50.5 Å². The van der Waals surface area contributed by atoms with Gasteiger partial charge in [0, 0.05) is 0 Å². The van der Waals surface area contributed by atoms with Crippen LogP contribution in [0, 0.1) is 0 Å². The number of hydrogen-bond acceptors (Lipinski definition) is 1. The van der Waals surface area contributed by atoms with Crippen molar-refractivity contribution < 1.29 is 0 Å². The second-order valence-electron chi connectivity index (χ2n) is 7.72. The standard InChI is InChI=1S/C10H15S.3C4H9.Sn/c1-2-3-4-5-6-10-7-8-11-9-10;3*1-3-4-2;/h7,9H,2-6H2,1H3;3*1,3-4H2,2H3;. The van der Waals surface area contributed by atoms with Gasteiger partial charge in [0.1, 0.15) is 0 Å². The molecule has 0 spiro atoms. The monoisotopic (exact) mass is 458 g/mol. The zero-order chi connectivity index (χ0) is 17.7. The fourth-order valence-electron chi connectivity index (χ4n) is 3.83. The van der Waals surface area contributed by atoms with E-state index in [4.69, 9.17) is 0 Å². The first kappa shape index (κ1) is 22.5. The molecule has 0 saturated carbocycles. The van der Waals surface area contributed by atoms with Gasteiger partial charge >= 0.3 is 161 Å². The predicted molar refractivity (Wildman–Crippen MR) is 117 cm³/mol. The Morgan fingerprint density at radius 1 is 0.708 bits per heavy atom. The summed E-state index contributed by atoms with van der Waals surface area (Å²) in [6, 6.07) is 2.69. The molecule has 0 radical (unpaired) electrons. The van der Waals surface area contributed by atoms with Crippen molar-refractivity contribution >= 4 is 32.6 Å². The summed E-state index contributed by atoms with van der Waals surface area (Å²) < 4.78 is 6.76. The van der Waals surface area contributed by atoms with E-state index in [0.29, 0.717) is 0 Å². The van der Waals surface area contributed by atoms with E-state index >= 15 is 0 Å². The second-order valence-corrected chi connectivity index (χ2v) is 22.8. The van der Waals surface area contributed by atoms with Gasteiger partial charge in [0.2, 0.25) is 0 Å². The first-order chi connectivity index (χ1) is 11.7. The van der Waals surface area contributed by atoms with Crippen molar-refractivity contribution in [1.82, 2.24) is 0 Å². The zero-order valence-electron chi connectivity index (χ0n) is 17.0. The molecule has 1 heterocycles. The average Bonchev–Trinajstić information content (AvgIpc) is 3.08. The van der Waals surface area contributed by atoms with Gasteiger partial charge in [0.25, 0.3) is 0 Å². The Balaban J connectivity index is 2.84. The summed E-state index contributed by atoms with van der Waals surface area (Å²) in [7, 11) is 0. The van der Waals surface area contributed by atoms with Gasteiger partial charge in [-0.25, -0.2) is 0 Å². The number of hydrogen-bond donors (Lipinski definition) is 0. The molecule has 1 rings (SSSR count). The molecule has 0 aliphatic heterocycles. The van der Waals surface area contributed by atoms with Gasteiger partial charge in [0.05, 0.1) is 0 Å². The van der Waals surface area contributed by atoms with E-state index in [1.807, 2.05) is 2.89 Å². The molecule has 0 unspecified atom stereocenters. The second kappa shape index (κ2) is 13.7. The molecule has 0 aliphatic carbocycles. The van der Waals surface area contributed by atoms with Gasteiger partial charge in [-0.15, -0.1) is 0 Å². The van der Waals surface area contributed by atoms with Crippen molar-refractivity contribution in [2.75, 3.05) is 0 Å². The molecule has 0 bridgehead atoms. The Labute approximate surface area is 160 Å². The molecular formula is C22H42SSn. The Morgan fingerprint density at radius 2 is 1.25 bits per heavy atom. The van der Waals surface area contributed by atoms with Gasteiger partial charge < -0.3 is 0 Å². The van der Waals surface area contributed by atoms with E-state index < -0.39 is 18.4 Å². The predicted octanol–water partition coefficient (Wildman–Crippen LogP) is 7.93. The fourth-order valence-corrected chi connectivity index (χ4v) is 23.9. The number of thiophene rings is 1. The summed E-state index contributed by atoms with van der Waals surface area (Å²) in [6.07, 6.45) is 15.5. The number of aryl methyl sites for hydroxylation is 1. The van der Waals surface area contributed by atoms with Crippen LogP contribution in [0.5, 0.6) is 0 Å². The van der Waals surface area contributed by atoms with Crippen LogP contribution in [0.1, 0.15) is 97.5 Å². The molecule has 24 heavy (non-hydrogen) atoms. The van der Waals surface area contributed by atoms with Crippen LogP contribution in [-0.2, 0) is 6.42 Å². The fraction of sp³-hybridized carbons (Fsp3) is 0.818. The van der Waals surface area contributed by atoms with Crippen LogP contribution in [0.25, 0.3) is 0 Å². The minimum atomic E-state index is -2.14. The van der Waals surface area contributed by atoms with Crippen LogP contribution in [0.2, 0.25) is 13.3 Å². The normalized spacial score (nSPS) is 12.0. The molecule has 0 aliphatic rings. The maximum atomic E-state index is 2.69. The molecule has 1 aromatic rings. The Hall–Kier alpha value is 0.499. The van der Waals surface area contributed by atoms with Crippen molar-refractivity contribution in [2.24, 2.45) is 0 Å². The Kier molecular flexibility index (Phi) is 12.8. The summed E-state index contributed by atoms with van der Waals surface area (Å²) in [5.41, 5.74) is 1.66. The van der Waals surface area contributed by atoms with E-state index in [-0.39, 0.29) is 0 Å². The Morgan fingerprint density at radius 3 is 1.75 bits per heavy atom. The van der Waals surface area contributed by atoms with E-state index in [0.717, 1.165) is 0 Å². The van der Waals surface area contributed by atoms with Crippen molar-refractivity contribution in [2.45, 2.75) is 112 Å². The van der Waals surface area contributed by atoms with Crippen molar-refractivity contribution in [1.29, 1.82) is 0 Å². The molecule has 1 aromatic heterocycles. The van der Waals surface area contributed by atoms with Crippen LogP contribution in [0.15, 0.2) is 11.4 Å². The SMILES string of the molecule is CCCCCCc1cs[c]([Sn]([CH2]CCC)([CH2]CCC)[CH2]CCC)c1. The molecule has 140 valence electrons. The van der Waals surface area contributed by atoms with Gasteiger partial charge in [0.15, 0.2) is 0 Å². The summed E-state index contributed by atoms with van der Waals surface area (Å²) >= 11 is 0.0295. The number of rotatable bonds is 15. The van der Waals surface area contributed by atoms with Crippen LogP contribution in [0.3, 0.4) is 0 Å². The first-order valence-corrected chi connectivity index (χ1v) is 19.2. The van der Waals surface area contributed by atoms with E-state index in [1.54, 1.807) is 18.9 Å². The minimum absolute atomic E-state index is 1.33. The van der Waals surface area contributed by atoms with Crippen LogP contribution in [0.4, 0.5) is 0 Å². The zero-order valence-corrected chi connectivity index (χ0v) is 20.6. The van der Waals surface area contributed by atoms with Gasteiger partial charge in [-0.05, 0) is 0 Å². The van der Waals surface area contributed by atoms with Crippen molar-refractivity contribution in [3.8, 4) is 0 Å². The molecule has 0 N–H and O–H groups in total. The molecule has 0 saturated heterocycles. The molecule has 0 fully saturated rings. The molecule has 0 aromatic carbocycles. The first-order valence-electron chi connectivity index (χ1n) is 10.8.